The van der Waals surface area contributed by atoms with Crippen LogP contribution in [0, 0.1) is 24.7 Å². The fourth-order valence-corrected chi connectivity index (χ4v) is 4.65. The van der Waals surface area contributed by atoms with Crippen LogP contribution in [0.1, 0.15) is 86.7 Å². The lowest BCUT2D eigenvalue weighted by Gasteiger charge is -2.24. The molecule has 2 aliphatic rings. The van der Waals surface area contributed by atoms with Crippen LogP contribution < -0.4 is 5.32 Å². The van der Waals surface area contributed by atoms with Crippen molar-refractivity contribution in [1.29, 1.82) is 0 Å². The number of hydrogen-bond acceptors (Lipinski definition) is 2. The summed E-state index contributed by atoms with van der Waals surface area (Å²) in [6, 6.07) is 11.3. The van der Waals surface area contributed by atoms with E-state index in [4.69, 9.17) is 11.4 Å². The molecule has 1 saturated carbocycles. The number of terminal acetylenes is 1. The predicted octanol–water partition coefficient (Wildman–Crippen LogP) is 7.55. The van der Waals surface area contributed by atoms with Crippen molar-refractivity contribution in [2.75, 3.05) is 11.9 Å². The second kappa shape index (κ2) is 8.99. The molecule has 166 valence electrons. The highest BCUT2D eigenvalue weighted by Crippen LogP contribution is 2.46. The minimum atomic E-state index is 0.00924. The van der Waals surface area contributed by atoms with Crippen molar-refractivity contribution in [3.63, 3.8) is 0 Å². The van der Waals surface area contributed by atoms with Crippen molar-refractivity contribution in [3.05, 3.63) is 70.4 Å². The zero-order valence-corrected chi connectivity index (χ0v) is 20.1. The molecule has 0 spiro atoms. The first kappa shape index (κ1) is 22.4. The summed E-state index contributed by atoms with van der Waals surface area (Å²) in [7, 11) is 0. The van der Waals surface area contributed by atoms with Crippen LogP contribution in [-0.2, 0) is 6.42 Å². The SMILES string of the molecule is C#CC(=C)C(C)(C)CCCCNc1nc2c(cc1C1CC1)C(C)=C(c1ccc(C)cc1)C2. The van der Waals surface area contributed by atoms with Crippen LogP contribution in [0.2, 0.25) is 0 Å². The predicted molar refractivity (Wildman–Crippen MR) is 138 cm³/mol. The van der Waals surface area contributed by atoms with E-state index in [0.29, 0.717) is 5.92 Å². The Kier molecular flexibility index (Phi) is 6.29. The smallest absolute Gasteiger partial charge is 0.129 e. The van der Waals surface area contributed by atoms with Gasteiger partial charge in [-0.05, 0) is 79.2 Å². The Labute approximate surface area is 194 Å². The van der Waals surface area contributed by atoms with Gasteiger partial charge >= 0.3 is 0 Å². The molecule has 1 N–H and O–H groups in total. The number of nitrogens with one attached hydrogen (secondary N) is 1. The third-order valence-corrected chi connectivity index (χ3v) is 7.26. The fourth-order valence-electron chi connectivity index (χ4n) is 4.65. The molecule has 1 aromatic carbocycles. The van der Waals surface area contributed by atoms with E-state index in [2.05, 4.69) is 75.8 Å². The summed E-state index contributed by atoms with van der Waals surface area (Å²) in [6.07, 6.45) is 12.3. The first-order valence-corrected chi connectivity index (χ1v) is 12.0. The molecule has 2 aliphatic carbocycles. The number of pyridine rings is 1. The summed E-state index contributed by atoms with van der Waals surface area (Å²) in [5.41, 5.74) is 10.3. The van der Waals surface area contributed by atoms with Gasteiger partial charge in [-0.3, -0.25) is 0 Å². The third-order valence-electron chi connectivity index (χ3n) is 7.26. The van der Waals surface area contributed by atoms with Gasteiger partial charge in [-0.1, -0.05) is 62.6 Å². The maximum atomic E-state index is 5.55. The van der Waals surface area contributed by atoms with Gasteiger partial charge in [0, 0.05) is 24.1 Å². The van der Waals surface area contributed by atoms with Crippen LogP contribution in [0.3, 0.4) is 0 Å². The van der Waals surface area contributed by atoms with Crippen LogP contribution in [0.15, 0.2) is 42.5 Å². The quantitative estimate of drug-likeness (QED) is 0.332. The minimum Gasteiger partial charge on any atom is -0.370 e. The van der Waals surface area contributed by atoms with Gasteiger partial charge in [0.2, 0.25) is 0 Å². The Morgan fingerprint density at radius 1 is 1.19 bits per heavy atom. The van der Waals surface area contributed by atoms with Crippen molar-refractivity contribution >= 4 is 17.0 Å². The lowest BCUT2D eigenvalue weighted by Crippen LogP contribution is -2.14. The van der Waals surface area contributed by atoms with Crippen LogP contribution in [0.4, 0.5) is 5.82 Å². The number of nitrogens with zero attached hydrogens (tertiary/aromatic N) is 1. The summed E-state index contributed by atoms with van der Waals surface area (Å²) < 4.78 is 0. The first-order chi connectivity index (χ1) is 15.3. The van der Waals surface area contributed by atoms with Crippen molar-refractivity contribution < 1.29 is 0 Å². The molecule has 1 fully saturated rings. The molecule has 2 heteroatoms. The van der Waals surface area contributed by atoms with Crippen molar-refractivity contribution in [3.8, 4) is 12.3 Å². The van der Waals surface area contributed by atoms with Gasteiger partial charge in [-0.15, -0.1) is 6.42 Å². The van der Waals surface area contributed by atoms with E-state index in [-0.39, 0.29) is 5.41 Å². The standard InChI is InChI=1S/C30H36N2/c1-7-21(3)30(5,6)16-8-9-17-31-29-27(24-14-15-24)18-26-22(4)25(19-28(26)32-29)23-12-10-20(2)11-13-23/h1,10-13,18,24H,3,8-9,14-17,19H2,2,4-6H3,(H,31,32). The monoisotopic (exact) mass is 424 g/mol. The molecule has 32 heavy (non-hydrogen) atoms. The molecule has 0 bridgehead atoms. The first-order valence-electron chi connectivity index (χ1n) is 12.0. The topological polar surface area (TPSA) is 24.9 Å². The van der Waals surface area contributed by atoms with Gasteiger partial charge in [-0.2, -0.15) is 0 Å². The third kappa shape index (κ3) is 4.68. The number of benzene rings is 1. The minimum absolute atomic E-state index is 0.00924. The maximum Gasteiger partial charge on any atom is 0.129 e. The maximum absolute atomic E-state index is 5.55. The number of fused-ring (bicyclic) bond motifs is 1. The number of anilines is 1. The molecular weight excluding hydrogens is 388 g/mol. The number of unbranched alkanes of at least 4 members (excludes halogenated alkanes) is 1. The van der Waals surface area contributed by atoms with E-state index in [1.54, 1.807) is 0 Å². The Morgan fingerprint density at radius 2 is 1.91 bits per heavy atom. The molecule has 1 aromatic heterocycles. The van der Waals surface area contributed by atoms with Gasteiger partial charge in [-0.25, -0.2) is 4.98 Å². The number of allylic oxidation sites excluding steroid dienone is 3. The van der Waals surface area contributed by atoms with E-state index in [0.717, 1.165) is 43.6 Å². The Balaban J connectivity index is 1.44. The lowest BCUT2D eigenvalue weighted by molar-refractivity contribution is 0.402. The molecule has 0 amide bonds. The fraction of sp³-hybridized carbons (Fsp3) is 0.433. The molecule has 2 nitrogen and oxygen atoms in total. The Morgan fingerprint density at radius 3 is 2.56 bits per heavy atom. The zero-order valence-electron chi connectivity index (χ0n) is 20.1. The van der Waals surface area contributed by atoms with E-state index in [9.17, 15) is 0 Å². The zero-order chi connectivity index (χ0) is 22.9. The second-order valence-electron chi connectivity index (χ2n) is 10.2. The van der Waals surface area contributed by atoms with Crippen molar-refractivity contribution in [2.24, 2.45) is 5.41 Å². The lowest BCUT2D eigenvalue weighted by atomic mass is 9.81. The second-order valence-corrected chi connectivity index (χ2v) is 10.2. The van der Waals surface area contributed by atoms with Gasteiger partial charge < -0.3 is 5.32 Å². The highest BCUT2D eigenvalue weighted by atomic mass is 15.0. The highest BCUT2D eigenvalue weighted by Gasteiger charge is 2.30. The molecule has 0 radical (unpaired) electrons. The molecule has 0 aliphatic heterocycles. The van der Waals surface area contributed by atoms with E-state index >= 15 is 0 Å². The molecule has 1 heterocycles. The molecule has 0 unspecified atom stereocenters. The van der Waals surface area contributed by atoms with E-state index in [1.807, 2.05) is 0 Å². The number of rotatable bonds is 9. The molecular formula is C30H36N2. The van der Waals surface area contributed by atoms with Gasteiger partial charge in [0.1, 0.15) is 5.82 Å². The summed E-state index contributed by atoms with van der Waals surface area (Å²) in [5.74, 6) is 4.50. The Hall–Kier alpha value is -2.79. The highest BCUT2D eigenvalue weighted by molar-refractivity contribution is 5.96. The number of aryl methyl sites for hydroxylation is 1. The van der Waals surface area contributed by atoms with Gasteiger partial charge in [0.15, 0.2) is 0 Å². The van der Waals surface area contributed by atoms with Crippen LogP contribution in [0.25, 0.3) is 11.1 Å². The normalized spacial score (nSPS) is 15.5. The van der Waals surface area contributed by atoms with E-state index < -0.39 is 0 Å². The van der Waals surface area contributed by atoms with Crippen LogP contribution in [-0.4, -0.2) is 11.5 Å². The summed E-state index contributed by atoms with van der Waals surface area (Å²) in [5, 5.41) is 3.68. The molecule has 0 saturated heterocycles. The average molecular weight is 425 g/mol. The molecule has 4 rings (SSSR count). The summed E-state index contributed by atoms with van der Waals surface area (Å²) >= 11 is 0. The van der Waals surface area contributed by atoms with Crippen LogP contribution in [0.5, 0.6) is 0 Å². The largest absolute Gasteiger partial charge is 0.370 e. The molecule has 0 atom stereocenters. The number of hydrogen-bond donors (Lipinski definition) is 1. The number of aromatic nitrogens is 1. The van der Waals surface area contributed by atoms with Gasteiger partial charge in [0.05, 0.1) is 5.69 Å². The van der Waals surface area contributed by atoms with Crippen molar-refractivity contribution in [1.82, 2.24) is 4.98 Å². The molecule has 2 aromatic rings. The Bertz CT molecular complexity index is 1090. The van der Waals surface area contributed by atoms with Crippen LogP contribution >= 0.6 is 0 Å². The summed E-state index contributed by atoms with van der Waals surface area (Å²) in [4.78, 5) is 5.15. The summed E-state index contributed by atoms with van der Waals surface area (Å²) in [6.45, 7) is 13.8. The van der Waals surface area contributed by atoms with Crippen molar-refractivity contribution in [2.45, 2.75) is 72.1 Å². The van der Waals surface area contributed by atoms with E-state index in [1.165, 1.54) is 51.9 Å². The average Bonchev–Trinajstić information content (AvgIpc) is 3.57. The van der Waals surface area contributed by atoms with Gasteiger partial charge in [0.25, 0.3) is 0 Å².